The predicted octanol–water partition coefficient (Wildman–Crippen LogP) is 19.0. The normalized spacial score (nSPS) is 13.7. The third-order valence-corrected chi connectivity index (χ3v) is 19.7. The van der Waals surface area contributed by atoms with Gasteiger partial charge >= 0.3 is 0 Å². The first-order valence-corrected chi connectivity index (χ1v) is 27.1. The van der Waals surface area contributed by atoms with Gasteiger partial charge in [0, 0.05) is 39.0 Å². The summed E-state index contributed by atoms with van der Waals surface area (Å²) in [5.41, 5.74) is 17.5. The minimum atomic E-state index is -0.412. The Kier molecular flexibility index (Phi) is 9.86. The molecule has 2 aliphatic carbocycles. The average molecular weight is 963 g/mol. The first kappa shape index (κ1) is 41.5. The van der Waals surface area contributed by atoms with Crippen LogP contribution in [0.1, 0.15) is 44.5 Å². The van der Waals surface area contributed by atoms with Gasteiger partial charge in [0.1, 0.15) is 0 Å². The van der Waals surface area contributed by atoms with Crippen LogP contribution in [0.3, 0.4) is 0 Å². The first-order valence-electron chi connectivity index (χ1n) is 23.8. The Balaban J connectivity index is 0.765. The molecule has 8 aromatic carbocycles. The minimum absolute atomic E-state index is 0.412. The van der Waals surface area contributed by atoms with E-state index in [-0.39, 0.29) is 0 Å². The van der Waals surface area contributed by atoms with E-state index in [0.29, 0.717) is 0 Å². The summed E-state index contributed by atoms with van der Waals surface area (Å²) in [7, 11) is 0. The molecule has 0 atom stereocenters. The Morgan fingerprint density at radius 3 is 0.786 bits per heavy atom. The second-order valence-corrected chi connectivity index (χ2v) is 22.6. The lowest BCUT2D eigenvalue weighted by Crippen LogP contribution is -2.28. The maximum atomic E-state index is 2.47. The molecular formula is C66H42S4. The third-order valence-electron chi connectivity index (χ3n) is 14.6. The highest BCUT2D eigenvalue weighted by molar-refractivity contribution is 7.29. The molecule has 0 saturated carbocycles. The van der Waals surface area contributed by atoms with Crippen molar-refractivity contribution in [2.45, 2.75) is 10.8 Å². The van der Waals surface area contributed by atoms with Gasteiger partial charge in [-0.1, -0.05) is 194 Å². The van der Waals surface area contributed by atoms with E-state index >= 15 is 0 Å². The summed E-state index contributed by atoms with van der Waals surface area (Å²) in [6.45, 7) is 0. The van der Waals surface area contributed by atoms with Gasteiger partial charge in [-0.15, -0.1) is 45.3 Å². The molecule has 330 valence electrons. The molecule has 14 rings (SSSR count). The van der Waals surface area contributed by atoms with Crippen molar-refractivity contribution in [3.63, 3.8) is 0 Å². The molecule has 0 saturated heterocycles. The highest BCUT2D eigenvalue weighted by Crippen LogP contribution is 2.59. The van der Waals surface area contributed by atoms with Crippen molar-refractivity contribution in [1.29, 1.82) is 0 Å². The molecule has 12 aromatic rings. The highest BCUT2D eigenvalue weighted by atomic mass is 32.1. The van der Waals surface area contributed by atoms with Crippen LogP contribution in [0.2, 0.25) is 0 Å². The van der Waals surface area contributed by atoms with Crippen LogP contribution in [0.25, 0.3) is 72.4 Å². The summed E-state index contributed by atoms with van der Waals surface area (Å²) in [6.07, 6.45) is 0. The molecule has 4 aromatic heterocycles. The zero-order valence-corrected chi connectivity index (χ0v) is 41.1. The van der Waals surface area contributed by atoms with E-state index < -0.39 is 10.8 Å². The van der Waals surface area contributed by atoms with Gasteiger partial charge in [-0.25, -0.2) is 0 Å². The molecule has 0 aliphatic heterocycles. The van der Waals surface area contributed by atoms with E-state index in [1.807, 2.05) is 45.3 Å². The Morgan fingerprint density at radius 1 is 0.200 bits per heavy atom. The summed E-state index contributed by atoms with van der Waals surface area (Å²) in [5.74, 6) is 0. The Hall–Kier alpha value is -7.44. The molecule has 0 nitrogen and oxygen atoms in total. The van der Waals surface area contributed by atoms with E-state index in [9.17, 15) is 0 Å². The Labute approximate surface area is 424 Å². The summed E-state index contributed by atoms with van der Waals surface area (Å²) in [4.78, 5) is 10.4. The van der Waals surface area contributed by atoms with Crippen LogP contribution in [-0.4, -0.2) is 0 Å². The van der Waals surface area contributed by atoms with Gasteiger partial charge in [0.25, 0.3) is 0 Å². The Bertz CT molecular complexity index is 3550. The monoisotopic (exact) mass is 962 g/mol. The van der Waals surface area contributed by atoms with Gasteiger partial charge in [0.15, 0.2) is 0 Å². The second kappa shape index (κ2) is 16.6. The maximum Gasteiger partial charge on any atom is 0.0713 e. The number of benzene rings is 8. The third kappa shape index (κ3) is 6.31. The zero-order valence-electron chi connectivity index (χ0n) is 37.9. The van der Waals surface area contributed by atoms with Gasteiger partial charge in [0.05, 0.1) is 10.8 Å². The van der Waals surface area contributed by atoms with Gasteiger partial charge < -0.3 is 0 Å². The molecule has 0 bridgehead atoms. The average Bonchev–Trinajstić information content (AvgIpc) is 4.31. The molecule has 0 unspecified atom stereocenters. The van der Waals surface area contributed by atoms with Crippen LogP contribution < -0.4 is 0 Å². The molecular weight excluding hydrogens is 921 g/mol. The van der Waals surface area contributed by atoms with Gasteiger partial charge in [-0.05, 0) is 139 Å². The SMILES string of the molecule is c1ccc(C2(c3ccccc3)c3ccccc3-c3ccc(-c4ccc(-c5ccc(-c6ccc(-c7ccc(-c8ccc9c(c8)C(c8ccccc8)(c8ccccc8)c8ccccc8-9)s7)s6)s5)s4)cc32)cc1. The molecule has 0 spiro atoms. The van der Waals surface area contributed by atoms with E-state index in [2.05, 4.69) is 255 Å². The van der Waals surface area contributed by atoms with Crippen LogP contribution in [0.4, 0.5) is 0 Å². The second-order valence-electron chi connectivity index (χ2n) is 18.2. The predicted molar refractivity (Wildman–Crippen MR) is 300 cm³/mol. The van der Waals surface area contributed by atoms with Crippen LogP contribution in [0, 0.1) is 0 Å². The molecule has 4 heterocycles. The molecule has 4 heteroatoms. The number of thiophene rings is 4. The van der Waals surface area contributed by atoms with Gasteiger partial charge in [0.2, 0.25) is 0 Å². The van der Waals surface area contributed by atoms with Crippen LogP contribution in [0.15, 0.2) is 255 Å². The highest BCUT2D eigenvalue weighted by Gasteiger charge is 2.47. The standard InChI is InChI=1S/C66H42S4/c1-5-17-45(18-6-1)65(46-19-7-2-8-20-46)53-27-15-13-25-49(53)51-31-29-43(41-55(51)65)57-33-35-59(67-57)61-37-39-63(69-61)64-40-38-62(70-64)60-36-34-58(68-60)44-30-32-52-50-26-14-16-28-54(50)66(56(52)42-44,47-21-9-3-10-22-47)48-23-11-4-12-24-48/h1-42H. The largest absolute Gasteiger partial charge is 0.134 e. The molecule has 2 aliphatic rings. The lowest BCUT2D eigenvalue weighted by Gasteiger charge is -2.34. The Morgan fingerprint density at radius 2 is 0.457 bits per heavy atom. The summed E-state index contributed by atoms with van der Waals surface area (Å²) >= 11 is 7.56. The van der Waals surface area contributed by atoms with Crippen LogP contribution in [0.5, 0.6) is 0 Å². The fourth-order valence-corrected chi connectivity index (χ4v) is 15.9. The van der Waals surface area contributed by atoms with Crippen LogP contribution >= 0.6 is 45.3 Å². The van der Waals surface area contributed by atoms with Crippen molar-refractivity contribution in [2.24, 2.45) is 0 Å². The van der Waals surface area contributed by atoms with Crippen molar-refractivity contribution in [3.05, 3.63) is 299 Å². The summed E-state index contributed by atoms with van der Waals surface area (Å²) < 4.78 is 0. The number of hydrogen-bond donors (Lipinski definition) is 0. The summed E-state index contributed by atoms with van der Waals surface area (Å²) in [6, 6.07) is 95.1. The topological polar surface area (TPSA) is 0 Å². The molecule has 0 N–H and O–H groups in total. The van der Waals surface area contributed by atoms with Gasteiger partial charge in [-0.3, -0.25) is 0 Å². The lowest BCUT2D eigenvalue weighted by molar-refractivity contribution is 0.769. The van der Waals surface area contributed by atoms with E-state index in [0.717, 1.165) is 0 Å². The van der Waals surface area contributed by atoms with E-state index in [1.54, 1.807) is 0 Å². The van der Waals surface area contributed by atoms with Crippen LogP contribution in [-0.2, 0) is 10.8 Å². The van der Waals surface area contributed by atoms with Gasteiger partial charge in [-0.2, -0.15) is 0 Å². The minimum Gasteiger partial charge on any atom is -0.134 e. The molecule has 0 radical (unpaired) electrons. The van der Waals surface area contributed by atoms with Crippen molar-refractivity contribution in [2.75, 3.05) is 0 Å². The fraction of sp³-hybridized carbons (Fsp3) is 0.0303. The number of rotatable bonds is 9. The fourth-order valence-electron chi connectivity index (χ4n) is 11.7. The quantitative estimate of drug-likeness (QED) is 0.135. The molecule has 70 heavy (non-hydrogen) atoms. The summed E-state index contributed by atoms with van der Waals surface area (Å²) in [5, 5.41) is 0. The smallest absolute Gasteiger partial charge is 0.0713 e. The lowest BCUT2D eigenvalue weighted by atomic mass is 9.67. The van der Waals surface area contributed by atoms with Crippen molar-refractivity contribution in [3.8, 4) is 72.4 Å². The van der Waals surface area contributed by atoms with Crippen molar-refractivity contribution < 1.29 is 0 Å². The zero-order chi connectivity index (χ0) is 46.2. The first-order chi connectivity index (χ1) is 34.7. The number of fused-ring (bicyclic) bond motifs is 6. The molecule has 0 fully saturated rings. The number of hydrogen-bond acceptors (Lipinski definition) is 4. The maximum absolute atomic E-state index is 2.47. The van der Waals surface area contributed by atoms with Crippen molar-refractivity contribution in [1.82, 2.24) is 0 Å². The molecule has 0 amide bonds. The van der Waals surface area contributed by atoms with Crippen molar-refractivity contribution >= 4 is 45.3 Å². The van der Waals surface area contributed by atoms with E-state index in [1.165, 1.54) is 117 Å². The van der Waals surface area contributed by atoms with E-state index in [4.69, 9.17) is 0 Å².